The Balaban J connectivity index is 1.84. The van der Waals surface area contributed by atoms with Crippen LogP contribution in [0.2, 0.25) is 0 Å². The lowest BCUT2D eigenvalue weighted by Crippen LogP contribution is -2.44. The molecule has 1 saturated heterocycles. The fourth-order valence-electron chi connectivity index (χ4n) is 3.39. The first-order valence-electron chi connectivity index (χ1n) is 8.95. The Morgan fingerprint density at radius 3 is 2.48 bits per heavy atom. The number of nitrogens with zero attached hydrogens (tertiary/aromatic N) is 3. The van der Waals surface area contributed by atoms with Crippen molar-refractivity contribution in [2.24, 2.45) is 0 Å². The van der Waals surface area contributed by atoms with E-state index in [-0.39, 0.29) is 0 Å². The van der Waals surface area contributed by atoms with Gasteiger partial charge in [0, 0.05) is 37.1 Å². The summed E-state index contributed by atoms with van der Waals surface area (Å²) in [6, 6.07) is 8.95. The number of hydrogen-bond donors (Lipinski definition) is 1. The second-order valence-corrected chi connectivity index (χ2v) is 7.80. The quantitative estimate of drug-likeness (QED) is 0.767. The van der Waals surface area contributed by atoms with Crippen LogP contribution in [0.3, 0.4) is 0 Å². The summed E-state index contributed by atoms with van der Waals surface area (Å²) < 4.78 is 0. The molecular weight excluding hydrogens is 328 g/mol. The molecule has 4 rings (SSSR count). The van der Waals surface area contributed by atoms with E-state index in [1.165, 1.54) is 22.1 Å². The molecule has 1 aliphatic heterocycles. The Bertz CT molecular complexity index is 877. The monoisotopic (exact) mass is 352 g/mol. The van der Waals surface area contributed by atoms with E-state index in [2.05, 4.69) is 58.7 Å². The molecule has 0 radical (unpaired) electrons. The minimum absolute atomic E-state index is 0.552. The summed E-state index contributed by atoms with van der Waals surface area (Å²) in [7, 11) is 0. The molecule has 0 bridgehead atoms. The van der Waals surface area contributed by atoms with Crippen molar-refractivity contribution in [2.45, 2.75) is 26.7 Å². The highest BCUT2D eigenvalue weighted by Gasteiger charge is 2.20. The average Bonchev–Trinajstić information content (AvgIpc) is 3.05. The normalized spacial score (nSPS) is 15.3. The van der Waals surface area contributed by atoms with Crippen LogP contribution in [0.5, 0.6) is 0 Å². The van der Waals surface area contributed by atoms with E-state index >= 15 is 0 Å². The molecule has 0 amide bonds. The number of aryl methyl sites for hydroxylation is 1. The van der Waals surface area contributed by atoms with E-state index in [1.54, 1.807) is 11.3 Å². The molecule has 3 aromatic rings. The molecule has 0 aliphatic carbocycles. The predicted octanol–water partition coefficient (Wildman–Crippen LogP) is 4.20. The Hall–Kier alpha value is -1.98. The lowest BCUT2D eigenvalue weighted by Gasteiger charge is -2.29. The number of thiophene rings is 1. The third kappa shape index (κ3) is 3.14. The Morgan fingerprint density at radius 1 is 1.08 bits per heavy atom. The molecule has 1 fully saturated rings. The van der Waals surface area contributed by atoms with E-state index in [9.17, 15) is 0 Å². The van der Waals surface area contributed by atoms with Gasteiger partial charge in [-0.05, 0) is 24.0 Å². The van der Waals surface area contributed by atoms with Gasteiger partial charge in [-0.2, -0.15) is 0 Å². The number of anilines is 1. The van der Waals surface area contributed by atoms with Crippen molar-refractivity contribution in [2.75, 3.05) is 31.1 Å². The largest absolute Gasteiger partial charge is 0.353 e. The summed E-state index contributed by atoms with van der Waals surface area (Å²) in [5, 5.41) is 6.86. The topological polar surface area (TPSA) is 41.1 Å². The van der Waals surface area contributed by atoms with E-state index in [0.717, 1.165) is 42.7 Å². The molecule has 5 heteroatoms. The van der Waals surface area contributed by atoms with Crippen molar-refractivity contribution in [3.05, 3.63) is 41.0 Å². The maximum atomic E-state index is 4.82. The molecule has 2 aromatic heterocycles. The lowest BCUT2D eigenvalue weighted by molar-refractivity contribution is 0.585. The van der Waals surface area contributed by atoms with Crippen LogP contribution in [-0.4, -0.2) is 36.1 Å². The van der Waals surface area contributed by atoms with Crippen LogP contribution < -0.4 is 10.2 Å². The zero-order valence-electron chi connectivity index (χ0n) is 15.0. The summed E-state index contributed by atoms with van der Waals surface area (Å²) in [6.07, 6.45) is 0. The Kier molecular flexibility index (Phi) is 4.44. The van der Waals surface area contributed by atoms with Crippen molar-refractivity contribution >= 4 is 27.4 Å². The van der Waals surface area contributed by atoms with Gasteiger partial charge in [-0.1, -0.05) is 38.1 Å². The minimum atomic E-state index is 0.552. The van der Waals surface area contributed by atoms with E-state index in [0.29, 0.717) is 5.92 Å². The lowest BCUT2D eigenvalue weighted by atomic mass is 9.99. The number of nitrogens with one attached hydrogen (secondary N) is 1. The van der Waals surface area contributed by atoms with E-state index < -0.39 is 0 Å². The average molecular weight is 353 g/mol. The number of hydrogen-bond acceptors (Lipinski definition) is 5. The zero-order valence-corrected chi connectivity index (χ0v) is 15.9. The number of piperazine rings is 1. The highest BCUT2D eigenvalue weighted by atomic mass is 32.1. The fraction of sp³-hybridized carbons (Fsp3) is 0.400. The highest BCUT2D eigenvalue weighted by molar-refractivity contribution is 7.17. The first-order chi connectivity index (χ1) is 12.1. The smallest absolute Gasteiger partial charge is 0.141 e. The van der Waals surface area contributed by atoms with Gasteiger partial charge in [-0.3, -0.25) is 0 Å². The van der Waals surface area contributed by atoms with Crippen LogP contribution >= 0.6 is 11.3 Å². The number of fused-ring (bicyclic) bond motifs is 1. The zero-order chi connectivity index (χ0) is 17.4. The standard InChI is InChI=1S/C20H24N4S/c1-13(2)15-4-6-16(7-5-15)17-12-25-20-18(17)19(22-14(3)23-20)24-10-8-21-9-11-24/h4-7,12-13,21H,8-11H2,1-3H3. The second-order valence-electron chi connectivity index (χ2n) is 6.94. The molecule has 0 spiro atoms. The van der Waals surface area contributed by atoms with Gasteiger partial charge in [0.05, 0.1) is 5.39 Å². The summed E-state index contributed by atoms with van der Waals surface area (Å²) in [5.41, 5.74) is 3.88. The molecule has 1 N–H and O–H groups in total. The van der Waals surface area contributed by atoms with Gasteiger partial charge in [0.1, 0.15) is 16.5 Å². The second kappa shape index (κ2) is 6.73. The predicted molar refractivity (Wildman–Crippen MR) is 107 cm³/mol. The van der Waals surface area contributed by atoms with Crippen molar-refractivity contribution in [3.8, 4) is 11.1 Å². The van der Waals surface area contributed by atoms with Gasteiger partial charge >= 0.3 is 0 Å². The van der Waals surface area contributed by atoms with Crippen molar-refractivity contribution in [1.29, 1.82) is 0 Å². The summed E-state index contributed by atoms with van der Waals surface area (Å²) >= 11 is 1.72. The Morgan fingerprint density at radius 2 is 1.80 bits per heavy atom. The minimum Gasteiger partial charge on any atom is -0.353 e. The van der Waals surface area contributed by atoms with Crippen molar-refractivity contribution in [1.82, 2.24) is 15.3 Å². The van der Waals surface area contributed by atoms with Crippen LogP contribution in [0, 0.1) is 6.92 Å². The molecule has 4 nitrogen and oxygen atoms in total. The molecule has 3 heterocycles. The first kappa shape index (κ1) is 16.5. The molecule has 0 saturated carbocycles. The molecule has 130 valence electrons. The molecule has 25 heavy (non-hydrogen) atoms. The number of rotatable bonds is 3. The van der Waals surface area contributed by atoms with Crippen LogP contribution in [0.25, 0.3) is 21.3 Å². The number of benzene rings is 1. The van der Waals surface area contributed by atoms with Crippen LogP contribution in [-0.2, 0) is 0 Å². The number of aromatic nitrogens is 2. The maximum absolute atomic E-state index is 4.82. The van der Waals surface area contributed by atoms with E-state index in [4.69, 9.17) is 4.98 Å². The molecule has 1 aromatic carbocycles. The molecule has 0 unspecified atom stereocenters. The van der Waals surface area contributed by atoms with Crippen molar-refractivity contribution in [3.63, 3.8) is 0 Å². The maximum Gasteiger partial charge on any atom is 0.141 e. The summed E-state index contributed by atoms with van der Waals surface area (Å²) in [4.78, 5) is 13.0. The molecular formula is C20H24N4S. The van der Waals surface area contributed by atoms with Gasteiger partial charge in [-0.15, -0.1) is 11.3 Å². The van der Waals surface area contributed by atoms with Crippen molar-refractivity contribution < 1.29 is 0 Å². The van der Waals surface area contributed by atoms with Gasteiger partial charge < -0.3 is 10.2 Å². The third-order valence-corrected chi connectivity index (χ3v) is 5.70. The van der Waals surface area contributed by atoms with Gasteiger partial charge in [0.2, 0.25) is 0 Å². The highest BCUT2D eigenvalue weighted by Crippen LogP contribution is 2.38. The van der Waals surface area contributed by atoms with Gasteiger partial charge in [0.15, 0.2) is 0 Å². The summed E-state index contributed by atoms with van der Waals surface area (Å²) in [6.45, 7) is 10.4. The SMILES string of the molecule is Cc1nc(N2CCNCC2)c2c(-c3ccc(C(C)C)cc3)csc2n1. The van der Waals surface area contributed by atoms with Gasteiger partial charge in [-0.25, -0.2) is 9.97 Å². The fourth-order valence-corrected chi connectivity index (χ4v) is 4.38. The third-order valence-electron chi connectivity index (χ3n) is 4.83. The van der Waals surface area contributed by atoms with Crippen LogP contribution in [0.4, 0.5) is 5.82 Å². The molecule has 1 aliphatic rings. The van der Waals surface area contributed by atoms with Crippen LogP contribution in [0.1, 0.15) is 31.2 Å². The first-order valence-corrected chi connectivity index (χ1v) is 9.83. The van der Waals surface area contributed by atoms with Crippen LogP contribution in [0.15, 0.2) is 29.6 Å². The van der Waals surface area contributed by atoms with E-state index in [1.807, 2.05) is 6.92 Å². The molecule has 0 atom stereocenters. The van der Waals surface area contributed by atoms with Gasteiger partial charge in [0.25, 0.3) is 0 Å². The summed E-state index contributed by atoms with van der Waals surface area (Å²) in [5.74, 6) is 2.49. The Labute approximate surface area is 152 Å².